The van der Waals surface area contributed by atoms with Crippen molar-refractivity contribution in [3.63, 3.8) is 0 Å². The van der Waals surface area contributed by atoms with Crippen LogP contribution >= 0.6 is 23.2 Å². The third-order valence-corrected chi connectivity index (χ3v) is 9.46. The van der Waals surface area contributed by atoms with Crippen LogP contribution in [0.3, 0.4) is 0 Å². The van der Waals surface area contributed by atoms with Crippen molar-refractivity contribution in [2.24, 2.45) is 11.8 Å². The number of halogens is 2. The number of anilines is 1. The van der Waals surface area contributed by atoms with E-state index in [4.69, 9.17) is 27.9 Å². The van der Waals surface area contributed by atoms with E-state index in [1.165, 1.54) is 6.42 Å². The Bertz CT molecular complexity index is 1140. The van der Waals surface area contributed by atoms with Gasteiger partial charge in [-0.15, -0.1) is 0 Å². The Morgan fingerprint density at radius 2 is 1.82 bits per heavy atom. The molecule has 9 heteroatoms. The fraction of sp³-hybridized carbons (Fsp3) is 0.621. The van der Waals surface area contributed by atoms with Gasteiger partial charge in [0, 0.05) is 18.3 Å². The van der Waals surface area contributed by atoms with Gasteiger partial charge in [-0.1, -0.05) is 80.8 Å². The molecule has 3 heterocycles. The first kappa shape index (κ1) is 27.5. The first-order valence-electron chi connectivity index (χ1n) is 14.0. The monoisotopic (exact) mass is 561 g/mol. The molecule has 206 valence electrons. The molecule has 5 unspecified atom stereocenters. The SMILES string of the molecule is CCCCCCN1C(=O)C2C(C(=O)Nc3ccc(Cl)c(Cl)c3)C3(C)C=CC2(O3)C1C(=O)NC1CCCCC1. The molecule has 4 aliphatic rings. The fourth-order valence-corrected chi connectivity index (χ4v) is 7.20. The number of ether oxygens (including phenoxy) is 1. The first-order chi connectivity index (χ1) is 18.2. The smallest absolute Gasteiger partial charge is 0.246 e. The van der Waals surface area contributed by atoms with Gasteiger partial charge in [0.1, 0.15) is 11.6 Å². The van der Waals surface area contributed by atoms with Gasteiger partial charge in [0.15, 0.2) is 0 Å². The molecule has 1 aromatic rings. The highest BCUT2D eigenvalue weighted by atomic mass is 35.5. The highest BCUT2D eigenvalue weighted by Crippen LogP contribution is 2.59. The Balaban J connectivity index is 1.44. The van der Waals surface area contributed by atoms with Crippen LogP contribution in [-0.4, -0.2) is 52.5 Å². The summed E-state index contributed by atoms with van der Waals surface area (Å²) in [7, 11) is 0. The molecule has 38 heavy (non-hydrogen) atoms. The van der Waals surface area contributed by atoms with E-state index in [2.05, 4.69) is 17.6 Å². The van der Waals surface area contributed by atoms with Crippen molar-refractivity contribution in [1.29, 1.82) is 0 Å². The Morgan fingerprint density at radius 1 is 1.05 bits per heavy atom. The van der Waals surface area contributed by atoms with Gasteiger partial charge < -0.3 is 20.3 Å². The van der Waals surface area contributed by atoms with E-state index in [0.29, 0.717) is 22.3 Å². The normalized spacial score (nSPS) is 32.1. The largest absolute Gasteiger partial charge is 0.356 e. The van der Waals surface area contributed by atoms with Gasteiger partial charge in [-0.25, -0.2) is 0 Å². The van der Waals surface area contributed by atoms with E-state index >= 15 is 0 Å². The molecule has 2 bridgehead atoms. The third kappa shape index (κ3) is 4.75. The van der Waals surface area contributed by atoms with Crippen molar-refractivity contribution in [1.82, 2.24) is 10.2 Å². The fourth-order valence-electron chi connectivity index (χ4n) is 6.90. The third-order valence-electron chi connectivity index (χ3n) is 8.72. The maximum atomic E-state index is 14.1. The lowest BCUT2D eigenvalue weighted by atomic mass is 9.70. The molecule has 5 atom stereocenters. The number of carbonyl (C=O) groups is 3. The molecule has 5 rings (SSSR count). The number of amides is 3. The van der Waals surface area contributed by atoms with Crippen LogP contribution in [-0.2, 0) is 19.1 Å². The van der Waals surface area contributed by atoms with E-state index in [1.807, 2.05) is 19.1 Å². The molecule has 0 aromatic heterocycles. The van der Waals surface area contributed by atoms with Crippen LogP contribution < -0.4 is 10.6 Å². The number of unbranched alkanes of at least 4 members (excludes halogenated alkanes) is 3. The van der Waals surface area contributed by atoms with E-state index < -0.39 is 29.1 Å². The van der Waals surface area contributed by atoms with Gasteiger partial charge in [0.25, 0.3) is 0 Å². The van der Waals surface area contributed by atoms with Crippen LogP contribution in [0.2, 0.25) is 10.0 Å². The molecule has 1 aliphatic carbocycles. The molecule has 2 N–H and O–H groups in total. The van der Waals surface area contributed by atoms with E-state index in [-0.39, 0.29) is 23.8 Å². The molecule has 2 saturated heterocycles. The lowest BCUT2D eigenvalue weighted by Crippen LogP contribution is -2.56. The van der Waals surface area contributed by atoms with Crippen LogP contribution in [0.5, 0.6) is 0 Å². The Hall–Kier alpha value is -2.09. The van der Waals surface area contributed by atoms with Crippen LogP contribution in [0.4, 0.5) is 5.69 Å². The Morgan fingerprint density at radius 3 is 2.53 bits per heavy atom. The number of hydrogen-bond donors (Lipinski definition) is 2. The second-order valence-electron chi connectivity index (χ2n) is 11.4. The number of hydrogen-bond acceptors (Lipinski definition) is 4. The number of nitrogens with zero attached hydrogens (tertiary/aromatic N) is 1. The Labute approximate surface area is 234 Å². The van der Waals surface area contributed by atoms with E-state index in [9.17, 15) is 14.4 Å². The maximum Gasteiger partial charge on any atom is 0.246 e. The number of fused-ring (bicyclic) bond motifs is 1. The van der Waals surface area contributed by atoms with E-state index in [1.54, 1.807) is 23.1 Å². The number of benzene rings is 1. The topological polar surface area (TPSA) is 87.7 Å². The molecule has 3 fully saturated rings. The molecular weight excluding hydrogens is 525 g/mol. The summed E-state index contributed by atoms with van der Waals surface area (Å²) in [4.78, 5) is 43.3. The molecule has 3 aliphatic heterocycles. The summed E-state index contributed by atoms with van der Waals surface area (Å²) in [5.74, 6) is -2.28. The van der Waals surface area contributed by atoms with Gasteiger partial charge >= 0.3 is 0 Å². The van der Waals surface area contributed by atoms with Gasteiger partial charge in [-0.3, -0.25) is 14.4 Å². The minimum atomic E-state index is -1.17. The zero-order valence-electron chi connectivity index (χ0n) is 22.1. The summed E-state index contributed by atoms with van der Waals surface area (Å²) in [6.07, 6.45) is 12.9. The predicted molar refractivity (Wildman–Crippen MR) is 148 cm³/mol. The van der Waals surface area contributed by atoms with Crippen molar-refractivity contribution in [2.75, 3.05) is 11.9 Å². The van der Waals surface area contributed by atoms with Crippen LogP contribution in [0, 0.1) is 11.8 Å². The summed E-state index contributed by atoms with van der Waals surface area (Å²) in [5.41, 5.74) is -1.69. The van der Waals surface area contributed by atoms with Crippen LogP contribution in [0.15, 0.2) is 30.4 Å². The average Bonchev–Trinajstić information content (AvgIpc) is 3.45. The van der Waals surface area contributed by atoms with Crippen LogP contribution in [0.25, 0.3) is 0 Å². The van der Waals surface area contributed by atoms with Crippen molar-refractivity contribution >= 4 is 46.6 Å². The maximum absolute atomic E-state index is 14.1. The molecule has 1 aromatic carbocycles. The minimum Gasteiger partial charge on any atom is -0.356 e. The van der Waals surface area contributed by atoms with E-state index in [0.717, 1.165) is 51.4 Å². The van der Waals surface area contributed by atoms with Gasteiger partial charge in [-0.05, 0) is 44.4 Å². The molecule has 7 nitrogen and oxygen atoms in total. The lowest BCUT2D eigenvalue weighted by molar-refractivity contribution is -0.144. The number of likely N-dealkylation sites (tertiary alicyclic amines) is 1. The zero-order valence-corrected chi connectivity index (χ0v) is 23.6. The predicted octanol–water partition coefficient (Wildman–Crippen LogP) is 5.50. The zero-order chi connectivity index (χ0) is 27.1. The number of nitrogens with one attached hydrogen (secondary N) is 2. The summed E-state index contributed by atoms with van der Waals surface area (Å²) in [6, 6.07) is 4.18. The van der Waals surface area contributed by atoms with Crippen molar-refractivity contribution < 1.29 is 19.1 Å². The molecular formula is C29H37Cl2N3O4. The quantitative estimate of drug-likeness (QED) is 0.307. The summed E-state index contributed by atoms with van der Waals surface area (Å²) in [6.45, 7) is 4.43. The second kappa shape index (κ2) is 10.8. The minimum absolute atomic E-state index is 0.107. The number of carbonyl (C=O) groups excluding carboxylic acids is 3. The van der Waals surface area contributed by atoms with Gasteiger partial charge in [0.05, 0.1) is 27.5 Å². The summed E-state index contributed by atoms with van der Waals surface area (Å²) in [5, 5.41) is 6.86. The Kier molecular flexibility index (Phi) is 7.82. The van der Waals surface area contributed by atoms with Crippen molar-refractivity contribution in [3.8, 4) is 0 Å². The summed E-state index contributed by atoms with van der Waals surface area (Å²) >= 11 is 12.2. The first-order valence-corrected chi connectivity index (χ1v) is 14.7. The lowest BCUT2D eigenvalue weighted by Gasteiger charge is -2.34. The molecule has 0 radical (unpaired) electrons. The van der Waals surface area contributed by atoms with Crippen molar-refractivity contribution in [2.45, 2.75) is 94.9 Å². The molecule has 3 amide bonds. The highest BCUT2D eigenvalue weighted by Gasteiger charge is 2.76. The molecule has 1 spiro atoms. The second-order valence-corrected chi connectivity index (χ2v) is 12.2. The standard InChI is InChI=1S/C29H37Cl2N3O4/c1-3-4-5-9-16-34-24(26(36)32-18-10-7-6-8-11-18)29-15-14-28(2,38-29)22(23(29)27(34)37)25(35)33-19-12-13-20(30)21(31)17-19/h12-15,17-18,22-24H,3-11,16H2,1-2H3,(H,32,36)(H,33,35). The number of rotatable bonds is 9. The van der Waals surface area contributed by atoms with Crippen LogP contribution in [0.1, 0.15) is 71.6 Å². The van der Waals surface area contributed by atoms with Gasteiger partial charge in [-0.2, -0.15) is 0 Å². The highest BCUT2D eigenvalue weighted by molar-refractivity contribution is 6.42. The van der Waals surface area contributed by atoms with Gasteiger partial charge in [0.2, 0.25) is 17.7 Å². The molecule has 1 saturated carbocycles. The summed E-state index contributed by atoms with van der Waals surface area (Å²) < 4.78 is 6.59. The average molecular weight is 563 g/mol. The van der Waals surface area contributed by atoms with Crippen molar-refractivity contribution in [3.05, 3.63) is 40.4 Å².